The summed E-state index contributed by atoms with van der Waals surface area (Å²) in [5, 5.41) is 1.25. The molecule has 0 saturated carbocycles. The van der Waals surface area contributed by atoms with Crippen molar-refractivity contribution in [3.63, 3.8) is 0 Å². The third-order valence-electron chi connectivity index (χ3n) is 4.16. The Morgan fingerprint density at radius 1 is 0.792 bits per heavy atom. The lowest BCUT2D eigenvalue weighted by Crippen LogP contribution is -1.95. The summed E-state index contributed by atoms with van der Waals surface area (Å²) >= 11 is 0. The first-order valence-electron chi connectivity index (χ1n) is 8.14. The Hall–Kier alpha value is -3.00. The zero-order chi connectivity index (χ0) is 16.4. The number of aromatic nitrogens is 1. The van der Waals surface area contributed by atoms with Crippen LogP contribution in [0.4, 0.5) is 0 Å². The predicted molar refractivity (Wildman–Crippen MR) is 99.2 cm³/mol. The first kappa shape index (κ1) is 14.6. The standard InChI is InChI=1S/C22H19NO/c1-16-12-20-14-19(10-11-22(20)23-16)18-7-5-6-17(13-18)15-24-21-8-3-2-4-9-21/h2-14,23H,15H2,1H3. The molecule has 0 amide bonds. The van der Waals surface area contributed by atoms with Crippen molar-refractivity contribution < 1.29 is 4.74 Å². The van der Waals surface area contributed by atoms with Gasteiger partial charge in [-0.15, -0.1) is 0 Å². The molecular formula is C22H19NO. The van der Waals surface area contributed by atoms with Crippen LogP contribution in [0.1, 0.15) is 11.3 Å². The first-order valence-corrected chi connectivity index (χ1v) is 8.14. The van der Waals surface area contributed by atoms with Crippen molar-refractivity contribution in [2.75, 3.05) is 0 Å². The van der Waals surface area contributed by atoms with Crippen molar-refractivity contribution in [2.24, 2.45) is 0 Å². The van der Waals surface area contributed by atoms with Crippen LogP contribution in [0, 0.1) is 6.92 Å². The van der Waals surface area contributed by atoms with E-state index >= 15 is 0 Å². The van der Waals surface area contributed by atoms with Crippen LogP contribution in [0.2, 0.25) is 0 Å². The van der Waals surface area contributed by atoms with Gasteiger partial charge in [0.2, 0.25) is 0 Å². The minimum atomic E-state index is 0.573. The van der Waals surface area contributed by atoms with E-state index in [0.29, 0.717) is 6.61 Å². The quantitative estimate of drug-likeness (QED) is 0.512. The van der Waals surface area contributed by atoms with Crippen LogP contribution >= 0.6 is 0 Å². The second kappa shape index (κ2) is 6.25. The van der Waals surface area contributed by atoms with Crippen LogP contribution in [-0.4, -0.2) is 4.98 Å². The highest BCUT2D eigenvalue weighted by atomic mass is 16.5. The van der Waals surface area contributed by atoms with Crippen LogP contribution in [0.5, 0.6) is 5.75 Å². The summed E-state index contributed by atoms with van der Waals surface area (Å²) in [5.41, 5.74) is 5.97. The normalized spacial score (nSPS) is 10.9. The first-order chi connectivity index (χ1) is 11.8. The van der Waals surface area contributed by atoms with Gasteiger partial charge in [0.15, 0.2) is 0 Å². The summed E-state index contributed by atoms with van der Waals surface area (Å²) in [5.74, 6) is 0.895. The number of para-hydroxylation sites is 1. The number of ether oxygens (including phenoxy) is 1. The minimum Gasteiger partial charge on any atom is -0.489 e. The van der Waals surface area contributed by atoms with Crippen molar-refractivity contribution in [1.29, 1.82) is 0 Å². The van der Waals surface area contributed by atoms with Crippen LogP contribution in [0.3, 0.4) is 0 Å². The molecule has 0 fully saturated rings. The highest BCUT2D eigenvalue weighted by Crippen LogP contribution is 2.26. The molecule has 0 unspecified atom stereocenters. The maximum Gasteiger partial charge on any atom is 0.119 e. The Bertz CT molecular complexity index is 970. The molecule has 0 aliphatic heterocycles. The molecule has 2 nitrogen and oxygen atoms in total. The molecule has 0 aliphatic carbocycles. The molecule has 4 rings (SSSR count). The molecule has 2 heteroatoms. The van der Waals surface area contributed by atoms with Crippen molar-refractivity contribution in [3.8, 4) is 16.9 Å². The van der Waals surface area contributed by atoms with E-state index in [1.807, 2.05) is 30.3 Å². The number of aromatic amines is 1. The van der Waals surface area contributed by atoms with Gasteiger partial charge in [-0.3, -0.25) is 0 Å². The Labute approximate surface area is 141 Å². The van der Waals surface area contributed by atoms with E-state index in [1.54, 1.807) is 0 Å². The zero-order valence-corrected chi connectivity index (χ0v) is 13.6. The minimum absolute atomic E-state index is 0.573. The molecule has 0 saturated heterocycles. The lowest BCUT2D eigenvalue weighted by molar-refractivity contribution is 0.306. The van der Waals surface area contributed by atoms with E-state index in [4.69, 9.17) is 4.74 Å². The summed E-state index contributed by atoms with van der Waals surface area (Å²) in [7, 11) is 0. The summed E-state index contributed by atoms with van der Waals surface area (Å²) in [4.78, 5) is 3.37. The van der Waals surface area contributed by atoms with Gasteiger partial charge >= 0.3 is 0 Å². The van der Waals surface area contributed by atoms with Gasteiger partial charge in [0.05, 0.1) is 0 Å². The largest absolute Gasteiger partial charge is 0.489 e. The Balaban J connectivity index is 1.58. The lowest BCUT2D eigenvalue weighted by Gasteiger charge is -2.08. The molecular weight excluding hydrogens is 294 g/mol. The number of fused-ring (bicyclic) bond motifs is 1. The van der Waals surface area contributed by atoms with Crippen LogP contribution in [0.15, 0.2) is 78.9 Å². The van der Waals surface area contributed by atoms with Gasteiger partial charge in [0.1, 0.15) is 12.4 Å². The summed E-state index contributed by atoms with van der Waals surface area (Å²) in [6.45, 7) is 2.66. The number of hydrogen-bond acceptors (Lipinski definition) is 1. The van der Waals surface area contributed by atoms with E-state index in [-0.39, 0.29) is 0 Å². The number of H-pyrrole nitrogens is 1. The molecule has 24 heavy (non-hydrogen) atoms. The van der Waals surface area contributed by atoms with Crippen molar-refractivity contribution in [3.05, 3.63) is 90.1 Å². The fraction of sp³-hybridized carbons (Fsp3) is 0.0909. The van der Waals surface area contributed by atoms with Crippen molar-refractivity contribution in [1.82, 2.24) is 4.98 Å². The topological polar surface area (TPSA) is 25.0 Å². The third kappa shape index (κ3) is 3.04. The van der Waals surface area contributed by atoms with Gasteiger partial charge in [-0.25, -0.2) is 0 Å². The summed E-state index contributed by atoms with van der Waals surface area (Å²) in [6.07, 6.45) is 0. The SMILES string of the molecule is Cc1cc2cc(-c3cccc(COc4ccccc4)c3)ccc2[nH]1. The monoisotopic (exact) mass is 313 g/mol. The van der Waals surface area contributed by atoms with Crippen LogP contribution in [-0.2, 0) is 6.61 Å². The zero-order valence-electron chi connectivity index (χ0n) is 13.6. The van der Waals surface area contributed by atoms with E-state index < -0.39 is 0 Å². The van der Waals surface area contributed by atoms with E-state index in [9.17, 15) is 0 Å². The van der Waals surface area contributed by atoms with E-state index in [1.165, 1.54) is 33.3 Å². The average Bonchev–Trinajstić information content (AvgIpc) is 3.00. The molecule has 4 aromatic rings. The van der Waals surface area contributed by atoms with Gasteiger partial charge in [0.25, 0.3) is 0 Å². The van der Waals surface area contributed by atoms with Crippen LogP contribution < -0.4 is 4.74 Å². The van der Waals surface area contributed by atoms with Gasteiger partial charge in [-0.1, -0.05) is 42.5 Å². The van der Waals surface area contributed by atoms with Crippen molar-refractivity contribution in [2.45, 2.75) is 13.5 Å². The molecule has 1 aromatic heterocycles. The second-order valence-electron chi connectivity index (χ2n) is 6.06. The average molecular weight is 313 g/mol. The highest BCUT2D eigenvalue weighted by Gasteiger charge is 2.03. The highest BCUT2D eigenvalue weighted by molar-refractivity contribution is 5.85. The number of aryl methyl sites for hydroxylation is 1. The van der Waals surface area contributed by atoms with Gasteiger partial charge < -0.3 is 9.72 Å². The maximum atomic E-state index is 5.85. The van der Waals surface area contributed by atoms with Gasteiger partial charge in [-0.05, 0) is 60.0 Å². The molecule has 1 heterocycles. The summed E-state index contributed by atoms with van der Waals surface area (Å²) < 4.78 is 5.85. The summed E-state index contributed by atoms with van der Waals surface area (Å²) in [6, 6.07) is 27.2. The predicted octanol–water partition coefficient (Wildman–Crippen LogP) is 5.72. The molecule has 0 atom stereocenters. The third-order valence-corrected chi connectivity index (χ3v) is 4.16. The Morgan fingerprint density at radius 2 is 1.62 bits per heavy atom. The van der Waals surface area contributed by atoms with Gasteiger partial charge in [0, 0.05) is 16.6 Å². The molecule has 0 aliphatic rings. The fourth-order valence-electron chi connectivity index (χ4n) is 2.98. The molecule has 3 aromatic carbocycles. The van der Waals surface area contributed by atoms with E-state index in [0.717, 1.165) is 5.75 Å². The number of hydrogen-bond donors (Lipinski definition) is 1. The molecule has 118 valence electrons. The van der Waals surface area contributed by atoms with Crippen molar-refractivity contribution >= 4 is 10.9 Å². The molecule has 0 radical (unpaired) electrons. The lowest BCUT2D eigenvalue weighted by atomic mass is 10.0. The molecule has 1 N–H and O–H groups in total. The Morgan fingerprint density at radius 3 is 2.50 bits per heavy atom. The maximum absolute atomic E-state index is 5.85. The molecule has 0 spiro atoms. The number of nitrogens with one attached hydrogen (secondary N) is 1. The second-order valence-corrected chi connectivity index (χ2v) is 6.06. The number of rotatable bonds is 4. The van der Waals surface area contributed by atoms with Gasteiger partial charge in [-0.2, -0.15) is 0 Å². The Kier molecular flexibility index (Phi) is 3.80. The fourth-order valence-corrected chi connectivity index (χ4v) is 2.98. The smallest absolute Gasteiger partial charge is 0.119 e. The van der Waals surface area contributed by atoms with Crippen LogP contribution in [0.25, 0.3) is 22.0 Å². The molecule has 0 bridgehead atoms. The number of benzene rings is 3. The van der Waals surface area contributed by atoms with E-state index in [2.05, 4.69) is 60.4 Å².